The Morgan fingerprint density at radius 1 is 1.17 bits per heavy atom. The van der Waals surface area contributed by atoms with Crippen LogP contribution in [0, 0.1) is 22.7 Å². The van der Waals surface area contributed by atoms with Crippen molar-refractivity contribution in [3.05, 3.63) is 36.4 Å². The standard InChI is InChI=1S/C25H34N2O2S/c1-17-7-12-21-24(2,3)14-6-15-25(21,4)20(17)13-16-30-23-27-26-22(29-23)18-8-10-19(28-5)11-9-18/h8-11,20-21H,1,6-7,12-16H2,2-5H3/t20-,21+,25-/m0/s1. The van der Waals surface area contributed by atoms with Gasteiger partial charge in [0, 0.05) is 11.3 Å². The van der Waals surface area contributed by atoms with Crippen molar-refractivity contribution in [1.29, 1.82) is 0 Å². The molecule has 162 valence electrons. The predicted molar refractivity (Wildman–Crippen MR) is 123 cm³/mol. The van der Waals surface area contributed by atoms with Crippen molar-refractivity contribution < 1.29 is 9.15 Å². The zero-order valence-electron chi connectivity index (χ0n) is 18.7. The molecule has 4 rings (SSSR count). The highest BCUT2D eigenvalue weighted by Crippen LogP contribution is 2.61. The van der Waals surface area contributed by atoms with Crippen LogP contribution in [0.15, 0.2) is 46.1 Å². The first-order valence-electron chi connectivity index (χ1n) is 11.1. The number of benzene rings is 1. The van der Waals surface area contributed by atoms with Crippen molar-refractivity contribution in [3.8, 4) is 17.2 Å². The Morgan fingerprint density at radius 3 is 2.67 bits per heavy atom. The summed E-state index contributed by atoms with van der Waals surface area (Å²) in [5.74, 6) is 3.75. The molecule has 0 unspecified atom stereocenters. The van der Waals surface area contributed by atoms with E-state index in [-0.39, 0.29) is 0 Å². The molecule has 30 heavy (non-hydrogen) atoms. The number of thioether (sulfide) groups is 1. The van der Waals surface area contributed by atoms with Crippen molar-refractivity contribution in [1.82, 2.24) is 10.2 Å². The lowest BCUT2D eigenvalue weighted by molar-refractivity contribution is -0.0524. The number of methoxy groups -OCH3 is 1. The van der Waals surface area contributed by atoms with Gasteiger partial charge in [0.25, 0.3) is 5.22 Å². The molecule has 0 aliphatic heterocycles. The SMILES string of the molecule is C=C1CC[C@@H]2C(C)(C)CCC[C@@]2(C)[C@H]1CCSc1nnc(-c2ccc(OC)cc2)o1. The molecule has 0 bridgehead atoms. The summed E-state index contributed by atoms with van der Waals surface area (Å²) in [5.41, 5.74) is 3.19. The van der Waals surface area contributed by atoms with Crippen LogP contribution in [0.2, 0.25) is 0 Å². The predicted octanol–water partition coefficient (Wildman–Crippen LogP) is 7.03. The van der Waals surface area contributed by atoms with E-state index in [4.69, 9.17) is 9.15 Å². The summed E-state index contributed by atoms with van der Waals surface area (Å²) in [4.78, 5) is 0. The molecule has 0 spiro atoms. The molecular formula is C25H34N2O2S. The van der Waals surface area contributed by atoms with E-state index in [9.17, 15) is 0 Å². The zero-order chi connectivity index (χ0) is 21.4. The second-order valence-electron chi connectivity index (χ2n) is 9.89. The minimum absolute atomic E-state index is 0.376. The van der Waals surface area contributed by atoms with Gasteiger partial charge in [-0.2, -0.15) is 0 Å². The summed E-state index contributed by atoms with van der Waals surface area (Å²) in [7, 11) is 1.66. The van der Waals surface area contributed by atoms with Crippen LogP contribution in [0.4, 0.5) is 0 Å². The van der Waals surface area contributed by atoms with Gasteiger partial charge in [-0.15, -0.1) is 10.2 Å². The molecule has 1 heterocycles. The average Bonchev–Trinajstić information content (AvgIpc) is 3.18. The molecule has 4 nitrogen and oxygen atoms in total. The van der Waals surface area contributed by atoms with Crippen LogP contribution >= 0.6 is 11.8 Å². The second-order valence-corrected chi connectivity index (χ2v) is 10.9. The van der Waals surface area contributed by atoms with Crippen LogP contribution in [0.3, 0.4) is 0 Å². The zero-order valence-corrected chi connectivity index (χ0v) is 19.6. The van der Waals surface area contributed by atoms with Gasteiger partial charge in [-0.25, -0.2) is 0 Å². The first kappa shape index (κ1) is 21.5. The van der Waals surface area contributed by atoms with Crippen molar-refractivity contribution in [2.75, 3.05) is 12.9 Å². The van der Waals surface area contributed by atoms with Gasteiger partial charge in [0.15, 0.2) is 0 Å². The Balaban J connectivity index is 1.40. The first-order chi connectivity index (χ1) is 14.3. The van der Waals surface area contributed by atoms with Gasteiger partial charge in [-0.1, -0.05) is 51.1 Å². The average molecular weight is 427 g/mol. The number of hydrogen-bond acceptors (Lipinski definition) is 5. The van der Waals surface area contributed by atoms with E-state index >= 15 is 0 Å². The normalized spacial score (nSPS) is 28.2. The number of ether oxygens (including phenoxy) is 1. The molecule has 2 aromatic rings. The maximum Gasteiger partial charge on any atom is 0.276 e. The van der Waals surface area contributed by atoms with Gasteiger partial charge < -0.3 is 9.15 Å². The summed E-state index contributed by atoms with van der Waals surface area (Å²) < 4.78 is 11.1. The highest BCUT2D eigenvalue weighted by Gasteiger charge is 2.52. The summed E-state index contributed by atoms with van der Waals surface area (Å²) in [6, 6.07) is 7.70. The Morgan fingerprint density at radius 2 is 1.93 bits per heavy atom. The van der Waals surface area contributed by atoms with E-state index in [0.717, 1.165) is 29.4 Å². The number of hydrogen-bond donors (Lipinski definition) is 0. The third kappa shape index (κ3) is 4.05. The van der Waals surface area contributed by atoms with E-state index in [1.54, 1.807) is 18.9 Å². The molecule has 1 aromatic carbocycles. The molecule has 5 heteroatoms. The Labute approximate surface area is 184 Å². The van der Waals surface area contributed by atoms with Gasteiger partial charge in [0.1, 0.15) is 5.75 Å². The van der Waals surface area contributed by atoms with Crippen LogP contribution < -0.4 is 4.74 Å². The van der Waals surface area contributed by atoms with Crippen molar-refractivity contribution in [2.45, 2.75) is 64.5 Å². The smallest absolute Gasteiger partial charge is 0.276 e. The lowest BCUT2D eigenvalue weighted by Gasteiger charge is -2.58. The third-order valence-electron chi connectivity index (χ3n) is 7.69. The molecule has 0 saturated heterocycles. The number of aromatic nitrogens is 2. The molecule has 2 aliphatic rings. The van der Waals surface area contributed by atoms with E-state index in [1.807, 2.05) is 24.3 Å². The summed E-state index contributed by atoms with van der Waals surface area (Å²) in [6.07, 6.45) is 7.65. The van der Waals surface area contributed by atoms with E-state index in [1.165, 1.54) is 37.7 Å². The lowest BCUT2D eigenvalue weighted by atomic mass is 9.47. The number of rotatable bonds is 6. The van der Waals surface area contributed by atoms with Crippen LogP contribution in [0.5, 0.6) is 5.75 Å². The Bertz CT molecular complexity index is 889. The molecule has 0 N–H and O–H groups in total. The van der Waals surface area contributed by atoms with Crippen molar-refractivity contribution in [2.24, 2.45) is 22.7 Å². The molecule has 1 aromatic heterocycles. The van der Waals surface area contributed by atoms with Gasteiger partial charge in [0.2, 0.25) is 5.89 Å². The largest absolute Gasteiger partial charge is 0.497 e. The van der Waals surface area contributed by atoms with Gasteiger partial charge in [-0.05, 0) is 79.0 Å². The van der Waals surface area contributed by atoms with E-state index in [2.05, 4.69) is 37.5 Å². The molecule has 0 radical (unpaired) electrons. The minimum atomic E-state index is 0.376. The highest BCUT2D eigenvalue weighted by atomic mass is 32.2. The third-order valence-corrected chi connectivity index (χ3v) is 8.55. The fourth-order valence-electron chi connectivity index (χ4n) is 6.19. The van der Waals surface area contributed by atoms with Crippen molar-refractivity contribution >= 4 is 11.8 Å². The second kappa shape index (κ2) is 8.41. The fourth-order valence-corrected chi connectivity index (χ4v) is 6.95. The number of nitrogens with zero attached hydrogens (tertiary/aromatic N) is 2. The maximum absolute atomic E-state index is 5.90. The number of fused-ring (bicyclic) bond motifs is 1. The Hall–Kier alpha value is -1.75. The maximum atomic E-state index is 5.90. The quantitative estimate of drug-likeness (QED) is 0.367. The molecular weight excluding hydrogens is 392 g/mol. The molecule has 2 aliphatic carbocycles. The molecule has 2 fully saturated rings. The van der Waals surface area contributed by atoms with E-state index in [0.29, 0.717) is 27.9 Å². The first-order valence-corrected chi connectivity index (χ1v) is 12.1. The Kier molecular flexibility index (Phi) is 6.02. The van der Waals surface area contributed by atoms with Gasteiger partial charge in [-0.3, -0.25) is 0 Å². The van der Waals surface area contributed by atoms with E-state index < -0.39 is 0 Å². The molecule has 2 saturated carbocycles. The van der Waals surface area contributed by atoms with Crippen LogP contribution in [-0.2, 0) is 0 Å². The number of allylic oxidation sites excluding steroid dienone is 1. The van der Waals surface area contributed by atoms with Crippen LogP contribution in [0.1, 0.15) is 59.3 Å². The van der Waals surface area contributed by atoms with Crippen LogP contribution in [-0.4, -0.2) is 23.1 Å². The molecule has 3 atom stereocenters. The monoisotopic (exact) mass is 426 g/mol. The van der Waals surface area contributed by atoms with Crippen molar-refractivity contribution in [3.63, 3.8) is 0 Å². The summed E-state index contributed by atoms with van der Waals surface area (Å²) in [5, 5.41) is 9.12. The topological polar surface area (TPSA) is 48.2 Å². The highest BCUT2D eigenvalue weighted by molar-refractivity contribution is 7.99. The fraction of sp³-hybridized carbons (Fsp3) is 0.600. The van der Waals surface area contributed by atoms with Gasteiger partial charge >= 0.3 is 0 Å². The summed E-state index contributed by atoms with van der Waals surface area (Å²) in [6.45, 7) is 12.0. The van der Waals surface area contributed by atoms with Crippen LogP contribution in [0.25, 0.3) is 11.5 Å². The summed E-state index contributed by atoms with van der Waals surface area (Å²) >= 11 is 1.67. The lowest BCUT2D eigenvalue weighted by Crippen LogP contribution is -2.49. The van der Waals surface area contributed by atoms with Gasteiger partial charge in [0.05, 0.1) is 7.11 Å². The molecule has 0 amide bonds. The minimum Gasteiger partial charge on any atom is -0.497 e.